The van der Waals surface area contributed by atoms with Gasteiger partial charge in [-0.2, -0.15) is 0 Å². The molecule has 0 aliphatic rings. The van der Waals surface area contributed by atoms with Crippen molar-refractivity contribution in [2.45, 2.75) is 13.0 Å². The molecule has 4 heteroatoms. The van der Waals surface area contributed by atoms with E-state index in [0.29, 0.717) is 5.69 Å². The van der Waals surface area contributed by atoms with Crippen molar-refractivity contribution in [3.8, 4) is 0 Å². The third-order valence-corrected chi connectivity index (χ3v) is 2.25. The highest BCUT2D eigenvalue weighted by Crippen LogP contribution is 2.18. The molecule has 1 atom stereocenters. The van der Waals surface area contributed by atoms with Gasteiger partial charge in [-0.15, -0.1) is 0 Å². The van der Waals surface area contributed by atoms with Crippen LogP contribution in [0.5, 0.6) is 0 Å². The number of hydrogen-bond acceptors (Lipinski definition) is 3. The van der Waals surface area contributed by atoms with Crippen LogP contribution in [0.15, 0.2) is 30.9 Å². The van der Waals surface area contributed by atoms with E-state index < -0.39 is 6.10 Å². The molecule has 4 nitrogen and oxygen atoms in total. The van der Waals surface area contributed by atoms with Crippen molar-refractivity contribution >= 4 is 0 Å². The normalized spacial score (nSPS) is 12.7. The van der Waals surface area contributed by atoms with Crippen LogP contribution in [0.3, 0.4) is 0 Å². The van der Waals surface area contributed by atoms with Gasteiger partial charge in [-0.05, 0) is 13.0 Å². The van der Waals surface area contributed by atoms with Crippen molar-refractivity contribution in [2.75, 3.05) is 0 Å². The van der Waals surface area contributed by atoms with E-state index >= 15 is 0 Å². The van der Waals surface area contributed by atoms with Crippen LogP contribution in [0.1, 0.15) is 23.1 Å². The van der Waals surface area contributed by atoms with E-state index in [1.54, 1.807) is 23.3 Å². The lowest BCUT2D eigenvalue weighted by Gasteiger charge is -2.07. The summed E-state index contributed by atoms with van der Waals surface area (Å²) in [5.41, 5.74) is 2.34. The molecule has 2 aromatic rings. The molecular weight excluding hydrogens is 190 g/mol. The molecule has 0 amide bonds. The molecule has 0 saturated carbocycles. The molecule has 0 aliphatic carbocycles. The highest BCUT2D eigenvalue weighted by atomic mass is 16.3. The zero-order chi connectivity index (χ0) is 10.8. The Hall–Kier alpha value is -1.68. The quantitative estimate of drug-likeness (QED) is 0.798. The highest BCUT2D eigenvalue weighted by Gasteiger charge is 2.12. The van der Waals surface area contributed by atoms with E-state index in [0.717, 1.165) is 11.3 Å². The van der Waals surface area contributed by atoms with Crippen LogP contribution in [0, 0.1) is 6.92 Å². The van der Waals surface area contributed by atoms with Gasteiger partial charge in [0.25, 0.3) is 0 Å². The van der Waals surface area contributed by atoms with Gasteiger partial charge in [-0.3, -0.25) is 4.98 Å². The summed E-state index contributed by atoms with van der Waals surface area (Å²) in [6.07, 6.45) is 4.44. The maximum atomic E-state index is 9.98. The van der Waals surface area contributed by atoms with Crippen molar-refractivity contribution in [2.24, 2.45) is 7.05 Å². The summed E-state index contributed by atoms with van der Waals surface area (Å²) in [7, 11) is 1.87. The molecule has 0 bridgehead atoms. The topological polar surface area (TPSA) is 50.9 Å². The van der Waals surface area contributed by atoms with Crippen LogP contribution >= 0.6 is 0 Å². The van der Waals surface area contributed by atoms with Gasteiger partial charge in [0.1, 0.15) is 6.10 Å². The Labute approximate surface area is 88.2 Å². The van der Waals surface area contributed by atoms with Gasteiger partial charge in [-0.25, -0.2) is 4.98 Å². The van der Waals surface area contributed by atoms with Gasteiger partial charge in [0.15, 0.2) is 0 Å². The monoisotopic (exact) mass is 203 g/mol. The SMILES string of the molecule is Cc1ccc(C(O)c2cn(C)cn2)cn1. The first kappa shape index (κ1) is 9.86. The summed E-state index contributed by atoms with van der Waals surface area (Å²) in [5.74, 6) is 0. The number of aromatic nitrogens is 3. The minimum absolute atomic E-state index is 0.642. The summed E-state index contributed by atoms with van der Waals surface area (Å²) in [4.78, 5) is 8.24. The van der Waals surface area contributed by atoms with Gasteiger partial charge in [0.2, 0.25) is 0 Å². The third kappa shape index (κ3) is 2.05. The fourth-order valence-electron chi connectivity index (χ4n) is 1.39. The van der Waals surface area contributed by atoms with Gasteiger partial charge in [0.05, 0.1) is 12.0 Å². The Bertz CT molecular complexity index is 447. The number of aliphatic hydroxyl groups excluding tert-OH is 1. The number of nitrogens with zero attached hydrogens (tertiary/aromatic N) is 3. The van der Waals surface area contributed by atoms with Crippen LogP contribution in [-0.2, 0) is 7.05 Å². The average Bonchev–Trinajstić information content (AvgIpc) is 2.65. The molecule has 2 heterocycles. The molecule has 1 N–H and O–H groups in total. The van der Waals surface area contributed by atoms with Crippen molar-refractivity contribution in [3.63, 3.8) is 0 Å². The second-order valence-electron chi connectivity index (χ2n) is 3.60. The van der Waals surface area contributed by atoms with Crippen LogP contribution in [0.4, 0.5) is 0 Å². The molecular formula is C11H13N3O. The number of hydrogen-bond donors (Lipinski definition) is 1. The van der Waals surface area contributed by atoms with Gasteiger partial charge in [-0.1, -0.05) is 6.07 Å². The zero-order valence-electron chi connectivity index (χ0n) is 8.75. The average molecular weight is 203 g/mol. The second kappa shape index (κ2) is 3.82. The van der Waals surface area contributed by atoms with E-state index in [1.807, 2.05) is 26.1 Å². The number of imidazole rings is 1. The molecule has 0 spiro atoms. The predicted molar refractivity (Wildman–Crippen MR) is 56.2 cm³/mol. The van der Waals surface area contributed by atoms with Crippen molar-refractivity contribution in [1.29, 1.82) is 0 Å². The summed E-state index contributed by atoms with van der Waals surface area (Å²) < 4.78 is 1.81. The third-order valence-electron chi connectivity index (χ3n) is 2.25. The molecule has 0 aromatic carbocycles. The van der Waals surface area contributed by atoms with Crippen LogP contribution in [0.2, 0.25) is 0 Å². The zero-order valence-corrected chi connectivity index (χ0v) is 8.75. The minimum Gasteiger partial charge on any atom is -0.382 e. The van der Waals surface area contributed by atoms with E-state index in [9.17, 15) is 5.11 Å². The summed E-state index contributed by atoms with van der Waals surface area (Å²) in [6, 6.07) is 3.74. The summed E-state index contributed by atoms with van der Waals surface area (Å²) >= 11 is 0. The maximum absolute atomic E-state index is 9.98. The predicted octanol–water partition coefficient (Wildman–Crippen LogP) is 1.21. The first-order chi connectivity index (χ1) is 7.16. The first-order valence-corrected chi connectivity index (χ1v) is 4.75. The maximum Gasteiger partial charge on any atom is 0.124 e. The Morgan fingerprint density at radius 2 is 2.13 bits per heavy atom. The second-order valence-corrected chi connectivity index (χ2v) is 3.60. The summed E-state index contributed by atoms with van der Waals surface area (Å²) in [6.45, 7) is 1.91. The van der Waals surface area contributed by atoms with Crippen molar-refractivity contribution in [1.82, 2.24) is 14.5 Å². The van der Waals surface area contributed by atoms with Gasteiger partial charge in [0, 0.05) is 30.7 Å². The van der Waals surface area contributed by atoms with Gasteiger partial charge >= 0.3 is 0 Å². The molecule has 1 unspecified atom stereocenters. The minimum atomic E-state index is -0.695. The lowest BCUT2D eigenvalue weighted by Crippen LogP contribution is -2.00. The molecule has 2 rings (SSSR count). The van der Waals surface area contributed by atoms with E-state index in [4.69, 9.17) is 0 Å². The van der Waals surface area contributed by atoms with E-state index in [-0.39, 0.29) is 0 Å². The van der Waals surface area contributed by atoms with Crippen molar-refractivity contribution in [3.05, 3.63) is 47.8 Å². The van der Waals surface area contributed by atoms with E-state index in [2.05, 4.69) is 9.97 Å². The highest BCUT2D eigenvalue weighted by molar-refractivity contribution is 5.22. The number of aryl methyl sites for hydroxylation is 2. The van der Waals surface area contributed by atoms with Crippen LogP contribution < -0.4 is 0 Å². The first-order valence-electron chi connectivity index (χ1n) is 4.75. The molecule has 2 aromatic heterocycles. The fraction of sp³-hybridized carbons (Fsp3) is 0.273. The van der Waals surface area contributed by atoms with Gasteiger partial charge < -0.3 is 9.67 Å². The molecule has 0 fully saturated rings. The van der Waals surface area contributed by atoms with Crippen molar-refractivity contribution < 1.29 is 5.11 Å². The smallest absolute Gasteiger partial charge is 0.124 e. The Morgan fingerprint density at radius 1 is 1.33 bits per heavy atom. The van der Waals surface area contributed by atoms with Crippen LogP contribution in [0.25, 0.3) is 0 Å². The Morgan fingerprint density at radius 3 is 2.67 bits per heavy atom. The summed E-state index contributed by atoms with van der Waals surface area (Å²) in [5, 5.41) is 9.98. The number of pyridine rings is 1. The Kier molecular flexibility index (Phi) is 2.51. The molecule has 15 heavy (non-hydrogen) atoms. The largest absolute Gasteiger partial charge is 0.382 e. The molecule has 0 saturated heterocycles. The lowest BCUT2D eigenvalue weighted by atomic mass is 10.1. The number of rotatable bonds is 2. The number of aliphatic hydroxyl groups is 1. The molecule has 0 aliphatic heterocycles. The molecule has 0 radical (unpaired) electrons. The Balaban J connectivity index is 2.28. The molecule has 78 valence electrons. The lowest BCUT2D eigenvalue weighted by molar-refractivity contribution is 0.215. The van der Waals surface area contributed by atoms with Crippen LogP contribution in [-0.4, -0.2) is 19.6 Å². The fourth-order valence-corrected chi connectivity index (χ4v) is 1.39. The van der Waals surface area contributed by atoms with E-state index in [1.165, 1.54) is 0 Å². The standard InChI is InChI=1S/C11H13N3O/c1-8-3-4-9(5-12-8)11(15)10-6-14(2)7-13-10/h3-7,11,15H,1-2H3.